The van der Waals surface area contributed by atoms with E-state index < -0.39 is 0 Å². The highest BCUT2D eigenvalue weighted by Crippen LogP contribution is 2.13. The zero-order valence-electron chi connectivity index (χ0n) is 6.87. The Labute approximate surface area is 73.2 Å². The monoisotopic (exact) mass is 175 g/mol. The average Bonchev–Trinajstić information content (AvgIpc) is 2.20. The van der Waals surface area contributed by atoms with Crippen LogP contribution in [0.5, 0.6) is 0 Å². The van der Waals surface area contributed by atoms with Crippen molar-refractivity contribution < 1.29 is 0 Å². The van der Waals surface area contributed by atoms with Gasteiger partial charge in [0, 0.05) is 17.3 Å². The first-order valence-electron chi connectivity index (χ1n) is 3.54. The summed E-state index contributed by atoms with van der Waals surface area (Å²) in [6.45, 7) is 4.71. The Balaban J connectivity index is 0.000001000. The minimum Gasteiger partial charge on any atom is -0.330 e. The molecule has 2 N–H and O–H groups in total. The Morgan fingerprint density at radius 1 is 1.27 bits per heavy atom. The van der Waals surface area contributed by atoms with Crippen LogP contribution >= 0.6 is 12.4 Å². The van der Waals surface area contributed by atoms with Gasteiger partial charge in [-0.1, -0.05) is 0 Å². The summed E-state index contributed by atoms with van der Waals surface area (Å²) in [6.07, 6.45) is 0.977. The van der Waals surface area contributed by atoms with Crippen molar-refractivity contribution in [3.05, 3.63) is 0 Å². The highest BCUT2D eigenvalue weighted by Gasteiger charge is 2.18. The smallest absolute Gasteiger partial charge is 0.0463 e. The summed E-state index contributed by atoms with van der Waals surface area (Å²) < 4.78 is 0. The molecule has 0 amide bonds. The van der Waals surface area contributed by atoms with Crippen molar-refractivity contribution in [1.29, 1.82) is 0 Å². The van der Waals surface area contributed by atoms with Gasteiger partial charge >= 0.3 is 0 Å². The maximum Gasteiger partial charge on any atom is 0.0463 e. The first-order chi connectivity index (χ1) is 4.75. The molecule has 1 aliphatic heterocycles. The SMILES string of the molecule is CC1=NN=C(C)C1CCN.Cl. The summed E-state index contributed by atoms with van der Waals surface area (Å²) in [7, 11) is 0. The summed E-state index contributed by atoms with van der Waals surface area (Å²) in [6, 6.07) is 0. The fraction of sp³-hybridized carbons (Fsp3) is 0.714. The van der Waals surface area contributed by atoms with Crippen LogP contribution in [0.15, 0.2) is 10.2 Å². The van der Waals surface area contributed by atoms with Gasteiger partial charge in [0.15, 0.2) is 0 Å². The lowest BCUT2D eigenvalue weighted by molar-refractivity contribution is 0.788. The molecule has 0 spiro atoms. The van der Waals surface area contributed by atoms with E-state index in [9.17, 15) is 0 Å². The van der Waals surface area contributed by atoms with Gasteiger partial charge in [0.1, 0.15) is 0 Å². The number of rotatable bonds is 2. The lowest BCUT2D eigenvalue weighted by Gasteiger charge is -2.07. The van der Waals surface area contributed by atoms with Gasteiger partial charge in [-0.05, 0) is 26.8 Å². The van der Waals surface area contributed by atoms with Crippen LogP contribution in [0, 0.1) is 5.92 Å². The minimum absolute atomic E-state index is 0. The predicted octanol–water partition coefficient (Wildman–Crippen LogP) is 1.22. The average molecular weight is 176 g/mol. The maximum absolute atomic E-state index is 5.42. The number of hydrogen-bond donors (Lipinski definition) is 1. The molecule has 4 heteroatoms. The molecule has 0 atom stereocenters. The second kappa shape index (κ2) is 4.46. The highest BCUT2D eigenvalue weighted by atomic mass is 35.5. The topological polar surface area (TPSA) is 50.7 Å². The van der Waals surface area contributed by atoms with Gasteiger partial charge in [0.2, 0.25) is 0 Å². The van der Waals surface area contributed by atoms with Gasteiger partial charge in [-0.2, -0.15) is 10.2 Å². The standard InChI is InChI=1S/C7H13N3.ClH/c1-5-7(3-4-8)6(2)10-9-5;/h7H,3-4,8H2,1-2H3;1H. The third-order valence-corrected chi connectivity index (χ3v) is 1.83. The van der Waals surface area contributed by atoms with Crippen molar-refractivity contribution in [1.82, 2.24) is 0 Å². The molecule has 0 aliphatic carbocycles. The summed E-state index contributed by atoms with van der Waals surface area (Å²) in [5.74, 6) is 0.421. The van der Waals surface area contributed by atoms with Crippen molar-refractivity contribution in [2.45, 2.75) is 20.3 Å². The molecule has 0 saturated carbocycles. The van der Waals surface area contributed by atoms with Crippen LogP contribution in [0.3, 0.4) is 0 Å². The van der Waals surface area contributed by atoms with Crippen LogP contribution in [0.25, 0.3) is 0 Å². The van der Waals surface area contributed by atoms with Crippen LogP contribution in [0.1, 0.15) is 20.3 Å². The van der Waals surface area contributed by atoms with E-state index >= 15 is 0 Å². The van der Waals surface area contributed by atoms with Gasteiger partial charge in [-0.25, -0.2) is 0 Å². The Hall–Kier alpha value is -0.410. The molecule has 0 saturated heterocycles. The third-order valence-electron chi connectivity index (χ3n) is 1.83. The van der Waals surface area contributed by atoms with Crippen molar-refractivity contribution in [2.75, 3.05) is 6.54 Å². The van der Waals surface area contributed by atoms with E-state index in [2.05, 4.69) is 10.2 Å². The van der Waals surface area contributed by atoms with Crippen LogP contribution in [-0.2, 0) is 0 Å². The molecule has 1 aliphatic rings. The molecule has 0 aromatic rings. The number of nitrogens with zero attached hydrogens (tertiary/aromatic N) is 2. The molecule has 3 nitrogen and oxygen atoms in total. The number of nitrogens with two attached hydrogens (primary N) is 1. The molecule has 0 aromatic heterocycles. The first-order valence-corrected chi connectivity index (χ1v) is 3.54. The second-order valence-corrected chi connectivity index (χ2v) is 2.61. The van der Waals surface area contributed by atoms with Crippen molar-refractivity contribution in [2.24, 2.45) is 21.9 Å². The summed E-state index contributed by atoms with van der Waals surface area (Å²) >= 11 is 0. The van der Waals surface area contributed by atoms with E-state index in [0.29, 0.717) is 12.5 Å². The number of hydrogen-bond acceptors (Lipinski definition) is 3. The fourth-order valence-electron chi connectivity index (χ4n) is 1.18. The maximum atomic E-state index is 5.42. The normalized spacial score (nSPS) is 17.4. The Bertz CT molecular complexity index is 168. The summed E-state index contributed by atoms with van der Waals surface area (Å²) in [5.41, 5.74) is 7.62. The zero-order chi connectivity index (χ0) is 7.56. The molecular formula is C7H14ClN3. The first kappa shape index (κ1) is 10.6. The van der Waals surface area contributed by atoms with Crippen molar-refractivity contribution in [3.8, 4) is 0 Å². The molecule has 0 radical (unpaired) electrons. The fourth-order valence-corrected chi connectivity index (χ4v) is 1.18. The largest absolute Gasteiger partial charge is 0.330 e. The van der Waals surface area contributed by atoms with E-state index in [1.165, 1.54) is 0 Å². The van der Waals surface area contributed by atoms with Crippen molar-refractivity contribution in [3.63, 3.8) is 0 Å². The third kappa shape index (κ3) is 2.27. The molecule has 0 bridgehead atoms. The van der Waals surface area contributed by atoms with Gasteiger partial charge in [-0.3, -0.25) is 0 Å². The molecular weight excluding hydrogens is 162 g/mol. The van der Waals surface area contributed by atoms with E-state index in [1.807, 2.05) is 13.8 Å². The quantitative estimate of drug-likeness (QED) is 0.674. The molecule has 0 aromatic carbocycles. The Morgan fingerprint density at radius 2 is 1.73 bits per heavy atom. The van der Waals surface area contributed by atoms with E-state index in [4.69, 9.17) is 5.73 Å². The Morgan fingerprint density at radius 3 is 2.09 bits per heavy atom. The summed E-state index contributed by atoms with van der Waals surface area (Å²) in [4.78, 5) is 0. The molecule has 0 unspecified atom stereocenters. The van der Waals surface area contributed by atoms with Gasteiger partial charge in [-0.15, -0.1) is 12.4 Å². The van der Waals surface area contributed by atoms with Crippen LogP contribution in [-0.4, -0.2) is 18.0 Å². The zero-order valence-corrected chi connectivity index (χ0v) is 7.69. The van der Waals surface area contributed by atoms with Gasteiger partial charge in [0.05, 0.1) is 0 Å². The highest BCUT2D eigenvalue weighted by molar-refractivity contribution is 6.08. The second-order valence-electron chi connectivity index (χ2n) is 2.61. The number of halogens is 1. The van der Waals surface area contributed by atoms with Gasteiger partial charge < -0.3 is 5.73 Å². The predicted molar refractivity (Wildman–Crippen MR) is 50.6 cm³/mol. The van der Waals surface area contributed by atoms with E-state index in [-0.39, 0.29) is 12.4 Å². The Kier molecular flexibility index (Phi) is 4.30. The van der Waals surface area contributed by atoms with Crippen LogP contribution < -0.4 is 5.73 Å². The molecule has 64 valence electrons. The van der Waals surface area contributed by atoms with E-state index in [1.54, 1.807) is 0 Å². The summed E-state index contributed by atoms with van der Waals surface area (Å²) in [5, 5.41) is 7.93. The lowest BCUT2D eigenvalue weighted by atomic mass is 9.97. The minimum atomic E-state index is 0. The molecule has 1 rings (SSSR count). The molecule has 11 heavy (non-hydrogen) atoms. The van der Waals surface area contributed by atoms with Crippen LogP contribution in [0.2, 0.25) is 0 Å². The van der Waals surface area contributed by atoms with Gasteiger partial charge in [0.25, 0.3) is 0 Å². The van der Waals surface area contributed by atoms with E-state index in [0.717, 1.165) is 17.8 Å². The molecule has 0 fully saturated rings. The molecule has 1 heterocycles. The lowest BCUT2D eigenvalue weighted by Crippen LogP contribution is -2.19. The van der Waals surface area contributed by atoms with Crippen LogP contribution in [0.4, 0.5) is 0 Å². The van der Waals surface area contributed by atoms with Crippen molar-refractivity contribution >= 4 is 23.8 Å².